The van der Waals surface area contributed by atoms with E-state index in [0.29, 0.717) is 0 Å². The number of fused-ring (bicyclic) bond motifs is 1. The number of benzene rings is 2. The van der Waals surface area contributed by atoms with Crippen LogP contribution in [0.25, 0.3) is 21.9 Å². The van der Waals surface area contributed by atoms with Crippen LogP contribution < -0.4 is 0 Å². The fourth-order valence-electron chi connectivity index (χ4n) is 2.48. The van der Waals surface area contributed by atoms with Gasteiger partial charge in [-0.25, -0.2) is 0 Å². The van der Waals surface area contributed by atoms with Gasteiger partial charge in [-0.05, 0) is 11.0 Å². The molecule has 0 saturated heterocycles. The van der Waals surface area contributed by atoms with E-state index in [4.69, 9.17) is 0 Å². The molecule has 0 unspecified atom stereocenters. The van der Waals surface area contributed by atoms with Crippen molar-refractivity contribution in [3.8, 4) is 11.1 Å². The maximum atomic E-state index is 2.27. The molecule has 3 aromatic rings. The van der Waals surface area contributed by atoms with Gasteiger partial charge in [-0.1, -0.05) is 68.8 Å². The van der Waals surface area contributed by atoms with Crippen LogP contribution in [0.15, 0.2) is 60.7 Å². The van der Waals surface area contributed by atoms with Crippen molar-refractivity contribution in [2.24, 2.45) is 0 Å². The van der Waals surface area contributed by atoms with E-state index in [-0.39, 0.29) is 31.6 Å². The van der Waals surface area contributed by atoms with Gasteiger partial charge in [0.25, 0.3) is 0 Å². The minimum absolute atomic E-state index is 0. The van der Waals surface area contributed by atoms with E-state index in [1.807, 2.05) is 0 Å². The quantitative estimate of drug-likeness (QED) is 0.512. The molecule has 0 aliphatic heterocycles. The van der Waals surface area contributed by atoms with Crippen LogP contribution in [0.5, 0.6) is 0 Å². The first-order valence-electron chi connectivity index (χ1n) is 6.80. The Hall–Kier alpha value is -1.07. The SMILES string of the molecule is CC(C)(C)c1ccc(-c2cc3ccccc3[cH-]2)cc1.[Zr]. The van der Waals surface area contributed by atoms with E-state index in [9.17, 15) is 0 Å². The summed E-state index contributed by atoms with van der Waals surface area (Å²) in [5.41, 5.74) is 4.20. The predicted octanol–water partition coefficient (Wildman–Crippen LogP) is 5.52. The van der Waals surface area contributed by atoms with Gasteiger partial charge in [0, 0.05) is 26.2 Å². The summed E-state index contributed by atoms with van der Waals surface area (Å²) in [6, 6.07) is 22.0. The second-order valence-electron chi connectivity index (χ2n) is 6.20. The first-order chi connectivity index (χ1) is 9.04. The Morgan fingerprint density at radius 3 is 2.10 bits per heavy atom. The molecule has 0 aromatic heterocycles. The van der Waals surface area contributed by atoms with Gasteiger partial charge in [-0.2, -0.15) is 0 Å². The van der Waals surface area contributed by atoms with E-state index >= 15 is 0 Å². The molecule has 0 N–H and O–H groups in total. The summed E-state index contributed by atoms with van der Waals surface area (Å²) in [7, 11) is 0. The van der Waals surface area contributed by atoms with Crippen molar-refractivity contribution in [3.63, 3.8) is 0 Å². The molecule has 0 nitrogen and oxygen atoms in total. The predicted molar refractivity (Wildman–Crippen MR) is 83.7 cm³/mol. The normalized spacial score (nSPS) is 11.3. The molecule has 0 bridgehead atoms. The molecule has 0 amide bonds. The van der Waals surface area contributed by atoms with Gasteiger partial charge in [0.15, 0.2) is 0 Å². The van der Waals surface area contributed by atoms with Gasteiger partial charge in [-0.3, -0.25) is 0 Å². The molecular formula is C19H19Zr-. The standard InChI is InChI=1S/C19H19.Zr/c1-19(2,3)18-10-8-14(9-11-18)17-12-15-6-4-5-7-16(15)13-17;/h4-13H,1-3H3;/q-1;. The monoisotopic (exact) mass is 337 g/mol. The zero-order valence-electron chi connectivity index (χ0n) is 12.3. The molecule has 20 heavy (non-hydrogen) atoms. The first-order valence-corrected chi connectivity index (χ1v) is 6.80. The van der Waals surface area contributed by atoms with Crippen LogP contribution in [0.3, 0.4) is 0 Å². The average Bonchev–Trinajstić information content (AvgIpc) is 2.81. The summed E-state index contributed by atoms with van der Waals surface area (Å²) < 4.78 is 0. The van der Waals surface area contributed by atoms with Crippen LogP contribution in [-0.4, -0.2) is 0 Å². The Morgan fingerprint density at radius 1 is 0.850 bits per heavy atom. The number of rotatable bonds is 1. The Morgan fingerprint density at radius 2 is 1.50 bits per heavy atom. The molecule has 0 atom stereocenters. The van der Waals surface area contributed by atoms with Crippen molar-refractivity contribution in [3.05, 3.63) is 66.2 Å². The number of hydrogen-bond donors (Lipinski definition) is 0. The molecule has 0 spiro atoms. The van der Waals surface area contributed by atoms with Gasteiger partial charge in [0.2, 0.25) is 0 Å². The average molecular weight is 339 g/mol. The topological polar surface area (TPSA) is 0 Å². The smallest absolute Gasteiger partial charge is 0 e. The van der Waals surface area contributed by atoms with Gasteiger partial charge in [-0.15, -0.1) is 34.5 Å². The van der Waals surface area contributed by atoms with Gasteiger partial charge < -0.3 is 0 Å². The molecule has 0 aliphatic carbocycles. The van der Waals surface area contributed by atoms with Gasteiger partial charge >= 0.3 is 0 Å². The second kappa shape index (κ2) is 5.74. The molecular weight excluding hydrogens is 319 g/mol. The van der Waals surface area contributed by atoms with Crippen molar-refractivity contribution >= 4 is 10.8 Å². The summed E-state index contributed by atoms with van der Waals surface area (Å²) in [5, 5.41) is 2.63. The molecule has 0 heterocycles. The van der Waals surface area contributed by atoms with Crippen molar-refractivity contribution in [2.75, 3.05) is 0 Å². The molecule has 3 rings (SSSR count). The van der Waals surface area contributed by atoms with E-state index in [0.717, 1.165) is 0 Å². The van der Waals surface area contributed by atoms with Crippen LogP contribution in [0.1, 0.15) is 26.3 Å². The van der Waals surface area contributed by atoms with Crippen molar-refractivity contribution < 1.29 is 26.2 Å². The summed E-state index contributed by atoms with van der Waals surface area (Å²) in [5.74, 6) is 0. The van der Waals surface area contributed by atoms with Crippen LogP contribution in [0.2, 0.25) is 0 Å². The molecule has 0 saturated carbocycles. The fourth-order valence-corrected chi connectivity index (χ4v) is 2.48. The minimum Gasteiger partial charge on any atom is -0.145 e. The Kier molecular flexibility index (Phi) is 4.40. The molecule has 0 fully saturated rings. The molecule has 1 heteroatoms. The van der Waals surface area contributed by atoms with E-state index in [1.54, 1.807) is 0 Å². The Bertz CT molecular complexity index is 663. The van der Waals surface area contributed by atoms with Crippen LogP contribution in [-0.2, 0) is 31.6 Å². The fraction of sp³-hybridized carbons (Fsp3) is 0.211. The minimum atomic E-state index is 0. The molecule has 0 radical (unpaired) electrons. The maximum Gasteiger partial charge on any atom is 0 e. The molecule has 0 aliphatic rings. The summed E-state index contributed by atoms with van der Waals surface area (Å²) >= 11 is 0. The van der Waals surface area contributed by atoms with Gasteiger partial charge in [0.05, 0.1) is 0 Å². The summed E-state index contributed by atoms with van der Waals surface area (Å²) in [4.78, 5) is 0. The molecule has 3 aromatic carbocycles. The van der Waals surface area contributed by atoms with Crippen molar-refractivity contribution in [2.45, 2.75) is 26.2 Å². The third-order valence-corrected chi connectivity index (χ3v) is 3.70. The van der Waals surface area contributed by atoms with E-state index in [2.05, 4.69) is 81.4 Å². The van der Waals surface area contributed by atoms with Crippen LogP contribution in [0, 0.1) is 0 Å². The molecule has 100 valence electrons. The van der Waals surface area contributed by atoms with Crippen molar-refractivity contribution in [1.29, 1.82) is 0 Å². The summed E-state index contributed by atoms with van der Waals surface area (Å²) in [6.45, 7) is 6.75. The Labute approximate surface area is 140 Å². The second-order valence-corrected chi connectivity index (χ2v) is 6.20. The van der Waals surface area contributed by atoms with Gasteiger partial charge in [0.1, 0.15) is 0 Å². The zero-order chi connectivity index (χ0) is 13.5. The zero-order valence-corrected chi connectivity index (χ0v) is 14.7. The largest absolute Gasteiger partial charge is 0.145 e. The van der Waals surface area contributed by atoms with E-state index < -0.39 is 0 Å². The Balaban J connectivity index is 0.00000147. The van der Waals surface area contributed by atoms with Crippen molar-refractivity contribution in [1.82, 2.24) is 0 Å². The van der Waals surface area contributed by atoms with Crippen LogP contribution >= 0.6 is 0 Å². The third-order valence-electron chi connectivity index (χ3n) is 3.70. The maximum absolute atomic E-state index is 2.27. The van der Waals surface area contributed by atoms with E-state index in [1.165, 1.54) is 27.5 Å². The number of hydrogen-bond acceptors (Lipinski definition) is 0. The first kappa shape index (κ1) is 15.3. The van der Waals surface area contributed by atoms with Crippen LogP contribution in [0.4, 0.5) is 0 Å². The summed E-state index contributed by atoms with van der Waals surface area (Å²) in [6.07, 6.45) is 0. The third kappa shape index (κ3) is 2.99.